The first-order valence-corrected chi connectivity index (χ1v) is 13.2. The molecule has 0 bridgehead atoms. The zero-order valence-corrected chi connectivity index (χ0v) is 20.2. The Morgan fingerprint density at radius 3 is 2.70 bits per heavy atom. The molecule has 1 amide bonds. The van der Waals surface area contributed by atoms with E-state index >= 15 is 0 Å². The Kier molecular flexibility index (Phi) is 7.48. The van der Waals surface area contributed by atoms with Gasteiger partial charge in [0, 0.05) is 48.6 Å². The van der Waals surface area contributed by atoms with Crippen molar-refractivity contribution in [3.63, 3.8) is 0 Å². The van der Waals surface area contributed by atoms with E-state index in [0.29, 0.717) is 24.9 Å². The van der Waals surface area contributed by atoms with Crippen molar-refractivity contribution < 1.29 is 14.3 Å². The Hall–Kier alpha value is -2.10. The normalized spacial score (nSPS) is 20.1. The highest BCUT2D eigenvalue weighted by molar-refractivity contribution is 7.17. The zero-order chi connectivity index (χ0) is 22.5. The fraction of sp³-hybridized carbons (Fsp3) is 0.440. The molecule has 0 spiro atoms. The summed E-state index contributed by atoms with van der Waals surface area (Å²) in [5, 5.41) is 6.24. The van der Waals surface area contributed by atoms with Crippen LogP contribution in [0.25, 0.3) is 21.1 Å². The number of thiophene rings is 1. The van der Waals surface area contributed by atoms with Crippen LogP contribution < -0.4 is 5.32 Å². The van der Waals surface area contributed by atoms with E-state index in [4.69, 9.17) is 14.5 Å². The molecule has 2 aliphatic heterocycles. The Bertz CT molecular complexity index is 1030. The molecule has 2 aliphatic rings. The summed E-state index contributed by atoms with van der Waals surface area (Å²) >= 11 is 3.27. The maximum Gasteiger partial charge on any atom is 0.225 e. The molecular weight excluding hydrogens is 454 g/mol. The number of rotatable bonds is 8. The van der Waals surface area contributed by atoms with E-state index in [1.165, 1.54) is 0 Å². The van der Waals surface area contributed by atoms with E-state index in [-0.39, 0.29) is 5.91 Å². The summed E-state index contributed by atoms with van der Waals surface area (Å²) in [4.78, 5) is 22.6. The number of carbonyl (C=O) groups excluding carboxylic acids is 1. The fourth-order valence-corrected chi connectivity index (χ4v) is 6.45. The molecule has 0 aliphatic carbocycles. The van der Waals surface area contributed by atoms with Crippen LogP contribution in [-0.2, 0) is 20.7 Å². The monoisotopic (exact) mass is 483 g/mol. The van der Waals surface area contributed by atoms with Crippen LogP contribution in [0.15, 0.2) is 47.8 Å². The summed E-state index contributed by atoms with van der Waals surface area (Å²) in [7, 11) is 0. The van der Waals surface area contributed by atoms with Crippen molar-refractivity contribution in [2.24, 2.45) is 5.92 Å². The summed E-state index contributed by atoms with van der Waals surface area (Å²) in [6, 6.07) is 14.6. The fourth-order valence-electron chi connectivity index (χ4n) is 4.57. The van der Waals surface area contributed by atoms with E-state index in [0.717, 1.165) is 72.0 Å². The number of morpholine rings is 1. The molecule has 6 nitrogen and oxygen atoms in total. The van der Waals surface area contributed by atoms with Crippen LogP contribution in [0, 0.1) is 5.92 Å². The molecule has 2 fully saturated rings. The maximum atomic E-state index is 13.1. The zero-order valence-electron chi connectivity index (χ0n) is 18.6. The van der Waals surface area contributed by atoms with Crippen LogP contribution in [0.1, 0.15) is 11.3 Å². The van der Waals surface area contributed by atoms with Gasteiger partial charge < -0.3 is 14.8 Å². The van der Waals surface area contributed by atoms with Gasteiger partial charge >= 0.3 is 0 Å². The third kappa shape index (κ3) is 5.53. The number of aromatic nitrogens is 1. The van der Waals surface area contributed by atoms with Crippen molar-refractivity contribution in [2.75, 3.05) is 46.1 Å². The number of carbonyl (C=O) groups is 1. The van der Waals surface area contributed by atoms with Gasteiger partial charge in [0.15, 0.2) is 0 Å². The number of hydrogen-bond donors (Lipinski definition) is 1. The number of benzene rings is 1. The van der Waals surface area contributed by atoms with E-state index in [2.05, 4.69) is 33.8 Å². The van der Waals surface area contributed by atoms with E-state index in [1.54, 1.807) is 22.7 Å². The molecule has 8 heteroatoms. The van der Waals surface area contributed by atoms with Gasteiger partial charge in [0.2, 0.25) is 5.91 Å². The quantitative estimate of drug-likeness (QED) is 0.526. The van der Waals surface area contributed by atoms with Crippen LogP contribution in [0.3, 0.4) is 0 Å². The largest absolute Gasteiger partial charge is 0.381 e. The van der Waals surface area contributed by atoms with Crippen LogP contribution in [0.4, 0.5) is 0 Å². The van der Waals surface area contributed by atoms with Gasteiger partial charge in [-0.05, 0) is 17.9 Å². The number of amides is 1. The van der Waals surface area contributed by atoms with Gasteiger partial charge in [-0.25, -0.2) is 4.98 Å². The third-order valence-electron chi connectivity index (χ3n) is 6.33. The summed E-state index contributed by atoms with van der Waals surface area (Å²) < 4.78 is 11.2. The van der Waals surface area contributed by atoms with Crippen molar-refractivity contribution in [1.82, 2.24) is 15.2 Å². The molecule has 2 saturated heterocycles. The summed E-state index contributed by atoms with van der Waals surface area (Å²) in [5.74, 6) is 0.506. The lowest BCUT2D eigenvalue weighted by atomic mass is 9.97. The molecule has 1 aromatic carbocycles. The van der Waals surface area contributed by atoms with Crippen molar-refractivity contribution in [1.29, 1.82) is 0 Å². The predicted molar refractivity (Wildman–Crippen MR) is 133 cm³/mol. The first kappa shape index (κ1) is 22.7. The average molecular weight is 484 g/mol. The second-order valence-electron chi connectivity index (χ2n) is 8.45. The minimum absolute atomic E-state index is 0.0493. The second-order valence-corrected chi connectivity index (χ2v) is 10.5. The van der Waals surface area contributed by atoms with Gasteiger partial charge in [0.1, 0.15) is 5.01 Å². The predicted octanol–water partition coefficient (Wildman–Crippen LogP) is 3.93. The smallest absolute Gasteiger partial charge is 0.225 e. The van der Waals surface area contributed by atoms with Gasteiger partial charge in [0.05, 0.1) is 36.8 Å². The minimum atomic E-state index is 0.0493. The molecule has 0 radical (unpaired) electrons. The van der Waals surface area contributed by atoms with Crippen molar-refractivity contribution in [3.05, 3.63) is 52.7 Å². The highest BCUT2D eigenvalue weighted by atomic mass is 32.1. The molecule has 4 heterocycles. The average Bonchev–Trinajstić information content (AvgIpc) is 3.63. The molecule has 1 N–H and O–H groups in total. The van der Waals surface area contributed by atoms with Gasteiger partial charge in [-0.15, -0.1) is 22.7 Å². The first-order chi connectivity index (χ1) is 16.3. The highest BCUT2D eigenvalue weighted by Gasteiger charge is 2.32. The van der Waals surface area contributed by atoms with E-state index in [1.807, 2.05) is 24.3 Å². The summed E-state index contributed by atoms with van der Waals surface area (Å²) in [6.45, 7) is 5.56. The summed E-state index contributed by atoms with van der Waals surface area (Å²) in [5.41, 5.74) is 2.01. The minimum Gasteiger partial charge on any atom is -0.381 e. The number of hydrogen-bond acceptors (Lipinski definition) is 7. The van der Waals surface area contributed by atoms with Gasteiger partial charge in [0.25, 0.3) is 0 Å². The Morgan fingerprint density at radius 2 is 1.97 bits per heavy atom. The lowest BCUT2D eigenvalue weighted by Gasteiger charge is -2.37. The molecule has 2 atom stereocenters. The summed E-state index contributed by atoms with van der Waals surface area (Å²) in [6.07, 6.45) is 1.39. The number of ether oxygens (including phenoxy) is 2. The standard InChI is InChI=1S/C25H29N3O3S2/c29-23(26-16-20(19-8-11-31-17-19)28-9-12-30-13-10-28)15-22-24(21-7-4-14-32-21)27-25(33-22)18-5-2-1-3-6-18/h1-7,14,19-20H,8-13,15-17H2,(H,26,29). The number of nitrogens with one attached hydrogen (secondary N) is 1. The topological polar surface area (TPSA) is 63.7 Å². The van der Waals surface area contributed by atoms with Crippen molar-refractivity contribution >= 4 is 28.6 Å². The first-order valence-electron chi connectivity index (χ1n) is 11.5. The molecule has 0 saturated carbocycles. The Labute approximate surface area is 202 Å². The molecule has 174 valence electrons. The lowest BCUT2D eigenvalue weighted by Crippen LogP contribution is -2.52. The number of thiazole rings is 1. The van der Waals surface area contributed by atoms with E-state index in [9.17, 15) is 4.79 Å². The Morgan fingerprint density at radius 1 is 1.12 bits per heavy atom. The second kappa shape index (κ2) is 10.9. The van der Waals surface area contributed by atoms with Gasteiger partial charge in [-0.3, -0.25) is 9.69 Å². The molecule has 2 aromatic heterocycles. The van der Waals surface area contributed by atoms with Crippen molar-refractivity contribution in [3.8, 4) is 21.1 Å². The number of nitrogens with zero attached hydrogens (tertiary/aromatic N) is 2. The highest BCUT2D eigenvalue weighted by Crippen LogP contribution is 2.36. The van der Waals surface area contributed by atoms with Crippen molar-refractivity contribution in [2.45, 2.75) is 18.9 Å². The molecule has 5 rings (SSSR count). The SMILES string of the molecule is O=C(Cc1sc(-c2ccccc2)nc1-c1cccs1)NCC(C1CCOC1)N1CCOCC1. The van der Waals surface area contributed by atoms with E-state index < -0.39 is 0 Å². The molecule has 3 aromatic rings. The van der Waals surface area contributed by atoms with Crippen LogP contribution >= 0.6 is 22.7 Å². The third-order valence-corrected chi connectivity index (χ3v) is 8.31. The molecule has 2 unspecified atom stereocenters. The molecule has 33 heavy (non-hydrogen) atoms. The van der Waals surface area contributed by atoms with Crippen LogP contribution in [0.5, 0.6) is 0 Å². The van der Waals surface area contributed by atoms with Crippen LogP contribution in [-0.4, -0.2) is 67.9 Å². The maximum absolute atomic E-state index is 13.1. The van der Waals surface area contributed by atoms with Gasteiger partial charge in [-0.2, -0.15) is 0 Å². The van der Waals surface area contributed by atoms with Crippen LogP contribution in [0.2, 0.25) is 0 Å². The Balaban J connectivity index is 1.30. The van der Waals surface area contributed by atoms with Gasteiger partial charge in [-0.1, -0.05) is 36.4 Å². The lowest BCUT2D eigenvalue weighted by molar-refractivity contribution is -0.120. The molecular formula is C25H29N3O3S2.